The van der Waals surface area contributed by atoms with Gasteiger partial charge in [-0.05, 0) is 31.5 Å². The van der Waals surface area contributed by atoms with Crippen molar-refractivity contribution in [2.75, 3.05) is 26.2 Å². The predicted molar refractivity (Wildman–Crippen MR) is 83.9 cm³/mol. The number of hydrogen-bond donors (Lipinski definition) is 2. The molecule has 2 rings (SSSR count). The van der Waals surface area contributed by atoms with Crippen LogP contribution in [0.15, 0.2) is 24.3 Å². The maximum atomic E-state index is 12.3. The van der Waals surface area contributed by atoms with E-state index in [0.717, 1.165) is 6.42 Å². The summed E-state index contributed by atoms with van der Waals surface area (Å²) in [6, 6.07) is 6.42. The Balaban J connectivity index is 1.89. The molecule has 1 atom stereocenters. The molecule has 0 unspecified atom stereocenters. The molecule has 2 N–H and O–H groups in total. The Hall–Kier alpha value is -2.24. The van der Waals surface area contributed by atoms with Gasteiger partial charge in [0.05, 0.1) is 0 Å². The molecule has 1 aliphatic rings. The summed E-state index contributed by atoms with van der Waals surface area (Å²) in [4.78, 5) is 27.8. The first-order valence-corrected chi connectivity index (χ1v) is 7.65. The van der Waals surface area contributed by atoms with Crippen LogP contribution in [0.4, 0.5) is 4.79 Å². The number of nitrogens with zero attached hydrogens (tertiary/aromatic N) is 2. The van der Waals surface area contributed by atoms with Crippen LogP contribution in [0.1, 0.15) is 30.6 Å². The van der Waals surface area contributed by atoms with Crippen molar-refractivity contribution in [2.24, 2.45) is 0 Å². The Bertz CT molecular complexity index is 539. The van der Waals surface area contributed by atoms with Crippen molar-refractivity contribution < 1.29 is 14.7 Å². The predicted octanol–water partition coefficient (Wildman–Crippen LogP) is 1.66. The molecule has 6 heteroatoms. The molecule has 1 aromatic carbocycles. The fraction of sp³-hybridized carbons (Fsp3) is 0.500. The number of benzene rings is 1. The van der Waals surface area contributed by atoms with Crippen LogP contribution in [0, 0.1) is 0 Å². The first kappa shape index (κ1) is 16.1. The van der Waals surface area contributed by atoms with Gasteiger partial charge in [0.15, 0.2) is 0 Å². The van der Waals surface area contributed by atoms with Crippen molar-refractivity contribution in [2.45, 2.75) is 26.3 Å². The standard InChI is InChI=1S/C16H23N3O3/c1-3-12(2)17-16(22)19-9-7-18(8-10-19)15(21)13-5-4-6-14(20)11-13/h4-6,11-12,20H,3,7-10H2,1-2H3,(H,17,22)/t12-/m0/s1. The molecule has 3 amide bonds. The molecule has 0 saturated carbocycles. The molecule has 1 saturated heterocycles. The van der Waals surface area contributed by atoms with E-state index in [9.17, 15) is 14.7 Å². The lowest BCUT2D eigenvalue weighted by Gasteiger charge is -2.35. The Kier molecular flexibility index (Phi) is 5.25. The zero-order chi connectivity index (χ0) is 16.1. The van der Waals surface area contributed by atoms with Gasteiger partial charge >= 0.3 is 6.03 Å². The number of rotatable bonds is 3. The summed E-state index contributed by atoms with van der Waals surface area (Å²) in [6.07, 6.45) is 0.891. The second-order valence-electron chi connectivity index (χ2n) is 5.59. The minimum atomic E-state index is -0.113. The Morgan fingerprint density at radius 1 is 1.23 bits per heavy atom. The monoisotopic (exact) mass is 305 g/mol. The van der Waals surface area contributed by atoms with Crippen LogP contribution in [0.3, 0.4) is 0 Å². The SMILES string of the molecule is CC[C@H](C)NC(=O)N1CCN(C(=O)c2cccc(O)c2)CC1. The van der Waals surface area contributed by atoms with Crippen LogP contribution in [0.2, 0.25) is 0 Å². The number of urea groups is 1. The summed E-state index contributed by atoms with van der Waals surface area (Å²) in [5, 5.41) is 12.4. The number of nitrogens with one attached hydrogen (secondary N) is 1. The summed E-state index contributed by atoms with van der Waals surface area (Å²) in [5.74, 6) is -0.0321. The lowest BCUT2D eigenvalue weighted by molar-refractivity contribution is 0.0663. The maximum Gasteiger partial charge on any atom is 0.317 e. The normalized spacial score (nSPS) is 16.3. The van der Waals surface area contributed by atoms with E-state index in [-0.39, 0.29) is 23.7 Å². The van der Waals surface area contributed by atoms with E-state index in [1.807, 2.05) is 13.8 Å². The van der Waals surface area contributed by atoms with Crippen LogP contribution in [-0.4, -0.2) is 59.1 Å². The van der Waals surface area contributed by atoms with E-state index in [1.165, 1.54) is 12.1 Å². The smallest absolute Gasteiger partial charge is 0.317 e. The van der Waals surface area contributed by atoms with Crippen molar-refractivity contribution >= 4 is 11.9 Å². The Labute approximate surface area is 130 Å². The third-order valence-corrected chi connectivity index (χ3v) is 3.93. The van der Waals surface area contributed by atoms with E-state index < -0.39 is 0 Å². The second-order valence-corrected chi connectivity index (χ2v) is 5.59. The molecule has 120 valence electrons. The van der Waals surface area contributed by atoms with Gasteiger partial charge in [0.25, 0.3) is 5.91 Å². The third kappa shape index (κ3) is 3.90. The van der Waals surface area contributed by atoms with Gasteiger partial charge in [-0.3, -0.25) is 4.79 Å². The topological polar surface area (TPSA) is 72.9 Å². The first-order valence-electron chi connectivity index (χ1n) is 7.65. The molecule has 1 aliphatic heterocycles. The minimum absolute atomic E-state index is 0.0706. The van der Waals surface area contributed by atoms with Crippen LogP contribution in [-0.2, 0) is 0 Å². The van der Waals surface area contributed by atoms with E-state index in [2.05, 4.69) is 5.32 Å². The molecule has 0 bridgehead atoms. The number of hydrogen-bond acceptors (Lipinski definition) is 3. The largest absolute Gasteiger partial charge is 0.508 e. The summed E-state index contributed by atoms with van der Waals surface area (Å²) in [7, 11) is 0. The van der Waals surface area contributed by atoms with Gasteiger partial charge in [-0.1, -0.05) is 13.0 Å². The summed E-state index contributed by atoms with van der Waals surface area (Å²) in [6.45, 7) is 6.04. The van der Waals surface area contributed by atoms with Crippen LogP contribution < -0.4 is 5.32 Å². The molecule has 0 radical (unpaired) electrons. The third-order valence-electron chi connectivity index (χ3n) is 3.93. The number of piperazine rings is 1. The molecule has 1 fully saturated rings. The van der Waals surface area contributed by atoms with E-state index in [0.29, 0.717) is 31.7 Å². The van der Waals surface area contributed by atoms with Gasteiger partial charge < -0.3 is 20.2 Å². The minimum Gasteiger partial charge on any atom is -0.508 e. The zero-order valence-corrected chi connectivity index (χ0v) is 13.1. The van der Waals surface area contributed by atoms with Gasteiger partial charge in [-0.2, -0.15) is 0 Å². The highest BCUT2D eigenvalue weighted by atomic mass is 16.3. The number of phenols is 1. The van der Waals surface area contributed by atoms with Crippen molar-refractivity contribution in [1.29, 1.82) is 0 Å². The van der Waals surface area contributed by atoms with Crippen molar-refractivity contribution in [3.8, 4) is 5.75 Å². The summed E-state index contributed by atoms with van der Waals surface area (Å²) >= 11 is 0. The fourth-order valence-electron chi connectivity index (χ4n) is 2.34. The number of aromatic hydroxyl groups is 1. The molecule has 6 nitrogen and oxygen atoms in total. The van der Waals surface area contributed by atoms with Crippen LogP contribution >= 0.6 is 0 Å². The molecular formula is C16H23N3O3. The van der Waals surface area contributed by atoms with Gasteiger partial charge in [0, 0.05) is 37.8 Å². The first-order chi connectivity index (χ1) is 10.5. The number of phenolic OH excluding ortho intramolecular Hbond substituents is 1. The fourth-order valence-corrected chi connectivity index (χ4v) is 2.34. The molecule has 0 aliphatic carbocycles. The number of carbonyl (C=O) groups excluding carboxylic acids is 2. The Morgan fingerprint density at radius 3 is 2.45 bits per heavy atom. The number of amides is 3. The molecule has 22 heavy (non-hydrogen) atoms. The van der Waals surface area contributed by atoms with Crippen LogP contribution in [0.25, 0.3) is 0 Å². The highest BCUT2D eigenvalue weighted by Gasteiger charge is 2.25. The van der Waals surface area contributed by atoms with Gasteiger partial charge in [-0.15, -0.1) is 0 Å². The van der Waals surface area contributed by atoms with Crippen LogP contribution in [0.5, 0.6) is 5.75 Å². The molecule has 1 heterocycles. The second kappa shape index (κ2) is 7.15. The van der Waals surface area contributed by atoms with E-state index in [4.69, 9.17) is 0 Å². The van der Waals surface area contributed by atoms with Gasteiger partial charge in [0.2, 0.25) is 0 Å². The Morgan fingerprint density at radius 2 is 1.86 bits per heavy atom. The average molecular weight is 305 g/mol. The van der Waals surface area contributed by atoms with E-state index >= 15 is 0 Å². The molecular weight excluding hydrogens is 282 g/mol. The van der Waals surface area contributed by atoms with Crippen molar-refractivity contribution in [1.82, 2.24) is 15.1 Å². The van der Waals surface area contributed by atoms with E-state index in [1.54, 1.807) is 21.9 Å². The summed E-state index contributed by atoms with van der Waals surface area (Å²) in [5.41, 5.74) is 0.470. The lowest BCUT2D eigenvalue weighted by Crippen LogP contribution is -2.54. The molecule has 0 spiro atoms. The molecule has 0 aromatic heterocycles. The quantitative estimate of drug-likeness (QED) is 0.892. The van der Waals surface area contributed by atoms with Gasteiger partial charge in [-0.25, -0.2) is 4.79 Å². The van der Waals surface area contributed by atoms with Crippen molar-refractivity contribution in [3.05, 3.63) is 29.8 Å². The summed E-state index contributed by atoms with van der Waals surface area (Å²) < 4.78 is 0. The van der Waals surface area contributed by atoms with Gasteiger partial charge in [0.1, 0.15) is 5.75 Å². The average Bonchev–Trinajstić information content (AvgIpc) is 2.54. The maximum absolute atomic E-state index is 12.3. The number of carbonyl (C=O) groups is 2. The highest BCUT2D eigenvalue weighted by molar-refractivity contribution is 5.94. The highest BCUT2D eigenvalue weighted by Crippen LogP contribution is 2.14. The zero-order valence-electron chi connectivity index (χ0n) is 13.1. The van der Waals surface area contributed by atoms with Crippen molar-refractivity contribution in [3.63, 3.8) is 0 Å². The lowest BCUT2D eigenvalue weighted by atomic mass is 10.1. The molecule has 1 aromatic rings.